The van der Waals surface area contributed by atoms with Crippen LogP contribution in [-0.4, -0.2) is 33.8 Å². The van der Waals surface area contributed by atoms with Gasteiger partial charge >= 0.3 is 0 Å². The lowest BCUT2D eigenvalue weighted by atomic mass is 10.0. The predicted molar refractivity (Wildman–Crippen MR) is 122 cm³/mol. The summed E-state index contributed by atoms with van der Waals surface area (Å²) in [6.45, 7) is 8.12. The molecule has 30 heavy (non-hydrogen) atoms. The number of nitrogens with zero attached hydrogens (tertiary/aromatic N) is 4. The van der Waals surface area contributed by atoms with Gasteiger partial charge in [0.05, 0.1) is 11.1 Å². The van der Waals surface area contributed by atoms with E-state index >= 15 is 0 Å². The van der Waals surface area contributed by atoms with Crippen molar-refractivity contribution in [3.8, 4) is 0 Å². The lowest BCUT2D eigenvalue weighted by Gasteiger charge is -2.18. The number of hydrogen-bond acceptors (Lipinski definition) is 7. The van der Waals surface area contributed by atoms with Crippen LogP contribution >= 0.6 is 22.9 Å². The number of aromatic nitrogens is 3. The number of halogens is 1. The van der Waals surface area contributed by atoms with Gasteiger partial charge in [0, 0.05) is 30.6 Å². The molecule has 1 aromatic carbocycles. The number of hydrogen-bond donors (Lipinski definition) is 1. The standard InChI is InChI=1S/C22H24ClN5OS/c1-13-7-8-28(12-13)21-10-20(25-15(3)26-21)27-22-24-11-19(30-22)18(29)9-16-14(2)5-4-6-17(16)23/h4-6,10-11,13H,7-9,12H2,1-3H3,(H,24,25,26,27)/t13-/m1/s1. The normalized spacial score (nSPS) is 16.1. The topological polar surface area (TPSA) is 71.0 Å². The van der Waals surface area contributed by atoms with Crippen molar-refractivity contribution in [2.24, 2.45) is 5.92 Å². The summed E-state index contributed by atoms with van der Waals surface area (Å²) >= 11 is 7.59. The van der Waals surface area contributed by atoms with Gasteiger partial charge in [0.25, 0.3) is 0 Å². The van der Waals surface area contributed by atoms with Gasteiger partial charge in [-0.2, -0.15) is 0 Å². The molecule has 1 saturated heterocycles. The average molecular weight is 442 g/mol. The highest BCUT2D eigenvalue weighted by atomic mass is 35.5. The predicted octanol–water partition coefficient (Wildman–Crippen LogP) is 5.22. The van der Waals surface area contributed by atoms with E-state index in [1.54, 1.807) is 6.20 Å². The van der Waals surface area contributed by atoms with Crippen LogP contribution in [0.2, 0.25) is 5.02 Å². The SMILES string of the molecule is Cc1nc(Nc2ncc(C(=O)Cc3c(C)cccc3Cl)s2)cc(N2CC[C@@H](C)C2)n1. The monoisotopic (exact) mass is 441 g/mol. The number of nitrogens with one attached hydrogen (secondary N) is 1. The molecule has 3 heterocycles. The minimum Gasteiger partial charge on any atom is -0.356 e. The average Bonchev–Trinajstić information content (AvgIpc) is 3.33. The van der Waals surface area contributed by atoms with Crippen LogP contribution in [0, 0.1) is 19.8 Å². The van der Waals surface area contributed by atoms with Crippen LogP contribution in [0.25, 0.3) is 0 Å². The maximum atomic E-state index is 12.7. The van der Waals surface area contributed by atoms with Gasteiger partial charge in [0.1, 0.15) is 17.5 Å². The molecule has 0 amide bonds. The lowest BCUT2D eigenvalue weighted by Crippen LogP contribution is -2.21. The largest absolute Gasteiger partial charge is 0.356 e. The van der Waals surface area contributed by atoms with E-state index in [9.17, 15) is 4.79 Å². The molecule has 0 bridgehead atoms. The lowest BCUT2D eigenvalue weighted by molar-refractivity contribution is 0.0996. The summed E-state index contributed by atoms with van der Waals surface area (Å²) in [7, 11) is 0. The second kappa shape index (κ2) is 8.70. The molecule has 1 aliphatic rings. The van der Waals surface area contributed by atoms with Gasteiger partial charge in [-0.3, -0.25) is 4.79 Å². The third-order valence-electron chi connectivity index (χ3n) is 5.28. The van der Waals surface area contributed by atoms with Crippen molar-refractivity contribution in [2.75, 3.05) is 23.3 Å². The zero-order valence-electron chi connectivity index (χ0n) is 17.3. The summed E-state index contributed by atoms with van der Waals surface area (Å²) in [5.74, 6) is 2.99. The van der Waals surface area contributed by atoms with Crippen molar-refractivity contribution in [3.63, 3.8) is 0 Å². The van der Waals surface area contributed by atoms with Crippen LogP contribution in [0.3, 0.4) is 0 Å². The van der Waals surface area contributed by atoms with E-state index in [1.165, 1.54) is 17.8 Å². The highest BCUT2D eigenvalue weighted by Gasteiger charge is 2.21. The molecule has 1 fully saturated rings. The van der Waals surface area contributed by atoms with Gasteiger partial charge in [-0.25, -0.2) is 15.0 Å². The molecule has 1 aliphatic heterocycles. The molecule has 2 aromatic heterocycles. The minimum absolute atomic E-state index is 0.00219. The molecule has 1 atom stereocenters. The Bertz CT molecular complexity index is 1060. The van der Waals surface area contributed by atoms with Crippen LogP contribution in [0.15, 0.2) is 30.5 Å². The highest BCUT2D eigenvalue weighted by molar-refractivity contribution is 7.17. The molecule has 0 saturated carbocycles. The van der Waals surface area contributed by atoms with Gasteiger partial charge in [0.2, 0.25) is 0 Å². The number of Topliss-reactive ketones (excluding diaryl/α,β-unsaturated/α-hetero) is 1. The van der Waals surface area contributed by atoms with Crippen molar-refractivity contribution in [1.29, 1.82) is 0 Å². The van der Waals surface area contributed by atoms with E-state index in [4.69, 9.17) is 11.6 Å². The van der Waals surface area contributed by atoms with Gasteiger partial charge in [-0.15, -0.1) is 0 Å². The molecule has 156 valence electrons. The summed E-state index contributed by atoms with van der Waals surface area (Å²) in [6, 6.07) is 7.61. The van der Waals surface area contributed by atoms with E-state index in [2.05, 4.69) is 32.1 Å². The second-order valence-corrected chi connectivity index (χ2v) is 9.23. The summed E-state index contributed by atoms with van der Waals surface area (Å²) in [4.78, 5) is 29.1. The molecule has 8 heteroatoms. The first kappa shape index (κ1) is 20.8. The van der Waals surface area contributed by atoms with Gasteiger partial charge < -0.3 is 10.2 Å². The molecule has 0 radical (unpaired) electrons. The molecule has 0 spiro atoms. The maximum Gasteiger partial charge on any atom is 0.188 e. The van der Waals surface area contributed by atoms with Crippen LogP contribution in [0.4, 0.5) is 16.8 Å². The fraction of sp³-hybridized carbons (Fsp3) is 0.364. The van der Waals surface area contributed by atoms with Crippen molar-refractivity contribution < 1.29 is 4.79 Å². The Kier molecular flexibility index (Phi) is 6.01. The summed E-state index contributed by atoms with van der Waals surface area (Å²) < 4.78 is 0. The van der Waals surface area contributed by atoms with E-state index in [1.807, 2.05) is 38.1 Å². The van der Waals surface area contributed by atoms with Crippen LogP contribution < -0.4 is 10.2 Å². The van der Waals surface area contributed by atoms with E-state index < -0.39 is 0 Å². The van der Waals surface area contributed by atoms with Gasteiger partial charge in [0.15, 0.2) is 10.9 Å². The van der Waals surface area contributed by atoms with Crippen molar-refractivity contribution in [1.82, 2.24) is 15.0 Å². The first-order chi connectivity index (χ1) is 14.4. The number of anilines is 3. The summed E-state index contributed by atoms with van der Waals surface area (Å²) in [6.07, 6.45) is 3.05. The molecule has 6 nitrogen and oxygen atoms in total. The first-order valence-electron chi connectivity index (χ1n) is 9.99. The Morgan fingerprint density at radius 3 is 2.90 bits per heavy atom. The molecule has 3 aromatic rings. The van der Waals surface area contributed by atoms with E-state index in [0.717, 1.165) is 30.0 Å². The van der Waals surface area contributed by atoms with Crippen molar-refractivity contribution in [3.05, 3.63) is 57.3 Å². The zero-order chi connectivity index (χ0) is 21.3. The molecule has 0 unspecified atom stereocenters. The molecule has 1 N–H and O–H groups in total. The smallest absolute Gasteiger partial charge is 0.188 e. The van der Waals surface area contributed by atoms with E-state index in [-0.39, 0.29) is 12.2 Å². The maximum absolute atomic E-state index is 12.7. The highest BCUT2D eigenvalue weighted by Crippen LogP contribution is 2.28. The number of carbonyl (C=O) groups excluding carboxylic acids is 1. The quantitative estimate of drug-likeness (QED) is 0.529. The molecular formula is C22H24ClN5OS. The molecule has 0 aliphatic carbocycles. The first-order valence-corrected chi connectivity index (χ1v) is 11.2. The summed E-state index contributed by atoms with van der Waals surface area (Å²) in [5.41, 5.74) is 1.88. The van der Waals surface area contributed by atoms with Gasteiger partial charge in [-0.1, -0.05) is 42.0 Å². The molecular weight excluding hydrogens is 418 g/mol. The minimum atomic E-state index is 0.00219. The Morgan fingerprint density at radius 2 is 2.17 bits per heavy atom. The zero-order valence-corrected chi connectivity index (χ0v) is 18.8. The number of thiazole rings is 1. The number of aryl methyl sites for hydroxylation is 2. The number of benzene rings is 1. The van der Waals surface area contributed by atoms with Crippen LogP contribution in [0.5, 0.6) is 0 Å². The van der Waals surface area contributed by atoms with Crippen LogP contribution in [-0.2, 0) is 6.42 Å². The second-order valence-electron chi connectivity index (χ2n) is 7.79. The third kappa shape index (κ3) is 4.63. The Balaban J connectivity index is 1.48. The fourth-order valence-electron chi connectivity index (χ4n) is 3.63. The number of ketones is 1. The van der Waals surface area contributed by atoms with Gasteiger partial charge in [-0.05, 0) is 43.4 Å². The summed E-state index contributed by atoms with van der Waals surface area (Å²) in [5, 5.41) is 4.48. The third-order valence-corrected chi connectivity index (χ3v) is 6.59. The van der Waals surface area contributed by atoms with E-state index in [0.29, 0.717) is 32.6 Å². The molecule has 4 rings (SSSR count). The Labute approximate surface area is 185 Å². The van der Waals surface area contributed by atoms with Crippen LogP contribution in [0.1, 0.15) is 40.0 Å². The van der Waals surface area contributed by atoms with Crippen molar-refractivity contribution in [2.45, 2.75) is 33.6 Å². The number of rotatable bonds is 6. The number of carbonyl (C=O) groups is 1. The Morgan fingerprint density at radius 1 is 1.33 bits per heavy atom. The Hall–Kier alpha value is -2.51. The fourth-order valence-corrected chi connectivity index (χ4v) is 4.68. The van der Waals surface area contributed by atoms with Crippen molar-refractivity contribution >= 4 is 45.5 Å².